The zero-order valence-electron chi connectivity index (χ0n) is 51.9. The van der Waals surface area contributed by atoms with Gasteiger partial charge in [-0.2, -0.15) is 0 Å². The molecule has 28 nitrogen and oxygen atoms in total. The molecule has 5 aromatic rings. The summed E-state index contributed by atoms with van der Waals surface area (Å²) in [4.78, 5) is 83.7. The number of aromatic nitrogens is 3. The maximum atomic E-state index is 14.9. The fraction of sp³-hybridized carbons (Fsp3) is 0.492. The first-order valence-corrected chi connectivity index (χ1v) is 31.5. The van der Waals surface area contributed by atoms with Crippen LogP contribution in [0.1, 0.15) is 98.2 Å². The molecule has 500 valence electrons. The van der Waals surface area contributed by atoms with Crippen molar-refractivity contribution in [3.8, 4) is 5.75 Å². The Morgan fingerprint density at radius 1 is 0.699 bits per heavy atom. The van der Waals surface area contributed by atoms with Crippen molar-refractivity contribution >= 4 is 51.6 Å². The number of aryl methyl sites for hydroxylation is 2. The van der Waals surface area contributed by atoms with Gasteiger partial charge in [0.2, 0.25) is 5.91 Å². The van der Waals surface area contributed by atoms with Gasteiger partial charge in [0.15, 0.2) is 43.1 Å². The van der Waals surface area contributed by atoms with Crippen LogP contribution in [0, 0.1) is 0 Å². The number of ether oxygens (including phenoxy) is 10. The standard InChI is InChI=1S/C63H78N4O24S.Na/c1-37(2)83-60(77)54(91-63-56(89-59(76)42-23-12-7-13-24-42)53(86-46(57(73)74)34-40-19-8-5-9-20-40)52(47(36-68)87-63)88-58(75)41-21-10-6-11-22-41)55(90-62-51(72)50(71)49(70)39(4)85-62)61(78)84-38(3)18-16-31-67-35-44(65-66-67)25-14-15-26-48(69)64-43-27-29-45(30-28-43)82-32-17-33-92(79,80)81;/h5-13,19-24,27-30,35,37-39,46-47,49-56,62-63,68,70-72H,14-18,25-26,31-34,36H2,1-4H3,(H,64,69)(H,73,74)(H,79,80,81);/q;+1/p-1/t38-,39-,46+,47+,49+,50+,51-,52-,53-,54+,55+,56+,62-,63-;/m0./s1. The van der Waals surface area contributed by atoms with Crippen molar-refractivity contribution in [1.29, 1.82) is 0 Å². The molecule has 0 radical (unpaired) electrons. The van der Waals surface area contributed by atoms with E-state index in [0.717, 1.165) is 0 Å². The van der Waals surface area contributed by atoms with Crippen LogP contribution in [-0.4, -0.2) is 200 Å². The molecule has 2 aliphatic rings. The summed E-state index contributed by atoms with van der Waals surface area (Å²) in [6, 6.07) is 29.7. The third-order valence-corrected chi connectivity index (χ3v) is 15.3. The van der Waals surface area contributed by atoms with Gasteiger partial charge in [0, 0.05) is 37.0 Å². The molecule has 7 rings (SSSR count). The molecule has 0 spiro atoms. The van der Waals surface area contributed by atoms with Crippen molar-refractivity contribution < 1.29 is 144 Å². The van der Waals surface area contributed by atoms with Gasteiger partial charge in [-0.05, 0) is 120 Å². The van der Waals surface area contributed by atoms with Crippen molar-refractivity contribution in [2.24, 2.45) is 0 Å². The summed E-state index contributed by atoms with van der Waals surface area (Å²) in [6.07, 6.45) is -23.5. The summed E-state index contributed by atoms with van der Waals surface area (Å²) >= 11 is 0. The number of carboxylic acids is 1. The Kier molecular flexibility index (Phi) is 29.7. The predicted molar refractivity (Wildman–Crippen MR) is 319 cm³/mol. The molecule has 0 unspecified atom stereocenters. The van der Waals surface area contributed by atoms with E-state index in [2.05, 4.69) is 15.6 Å². The average Bonchev–Trinajstić information content (AvgIpc) is 1.27. The van der Waals surface area contributed by atoms with E-state index in [1.165, 1.54) is 64.1 Å². The fourth-order valence-corrected chi connectivity index (χ4v) is 10.3. The fourth-order valence-electron chi connectivity index (χ4n) is 9.82. The number of unbranched alkanes of at least 4 members (excludes halogenated alkanes) is 1. The molecule has 1 aromatic heterocycles. The number of carboxylic acid groups (broad SMARTS) is 1. The maximum Gasteiger partial charge on any atom is 1.00 e. The van der Waals surface area contributed by atoms with Gasteiger partial charge in [-0.1, -0.05) is 71.9 Å². The largest absolute Gasteiger partial charge is 1.00 e. The van der Waals surface area contributed by atoms with Crippen LogP contribution >= 0.6 is 0 Å². The summed E-state index contributed by atoms with van der Waals surface area (Å²) in [7, 11) is -4.33. The molecular formula is C63H77N4NaO24S. The SMILES string of the molecule is CC(C)OC(=O)[C@H](O[C@@H]1O[C@H](CO)[C@H](OC(=O)c2ccccc2)[C@H](O[C@H](Cc2ccccc2)C(=O)O)[C@H]1OC(=O)c1ccccc1)[C@@H](O[C@@H]1O[C@@H](C)[C@@H](O)[C@@H](O)[C@@H]1O)C(=O)O[C@@H](C)CCCn1cc(CCCCC(=O)Nc2ccc(OCCCS(=O)(=O)[O-])cc2)nn1.[Na+]. The molecular weight excluding hydrogens is 1250 g/mol. The van der Waals surface area contributed by atoms with E-state index in [0.29, 0.717) is 48.4 Å². The molecule has 14 atom stereocenters. The number of hydrogen-bond acceptors (Lipinski definition) is 25. The molecule has 1 amide bonds. The van der Waals surface area contributed by atoms with Crippen molar-refractivity contribution in [1.82, 2.24) is 15.0 Å². The molecule has 6 N–H and O–H groups in total. The van der Waals surface area contributed by atoms with Crippen LogP contribution in [0.2, 0.25) is 0 Å². The van der Waals surface area contributed by atoms with Crippen molar-refractivity contribution in [3.63, 3.8) is 0 Å². The summed E-state index contributed by atoms with van der Waals surface area (Å²) < 4.78 is 94.0. The van der Waals surface area contributed by atoms with E-state index in [9.17, 15) is 67.3 Å². The minimum Gasteiger partial charge on any atom is -0.748 e. The number of aliphatic hydroxyl groups excluding tert-OH is 4. The Labute approximate surface area is 559 Å². The van der Waals surface area contributed by atoms with Gasteiger partial charge in [0.25, 0.3) is 0 Å². The number of amides is 1. The Morgan fingerprint density at radius 2 is 1.29 bits per heavy atom. The van der Waals surface area contributed by atoms with Crippen LogP contribution in [0.4, 0.5) is 5.69 Å². The van der Waals surface area contributed by atoms with E-state index < -0.39 is 144 Å². The van der Waals surface area contributed by atoms with Crippen molar-refractivity contribution in [2.75, 3.05) is 24.3 Å². The molecule has 30 heteroatoms. The smallest absolute Gasteiger partial charge is 0.748 e. The molecule has 2 fully saturated rings. The topological polar surface area (TPSA) is 396 Å². The summed E-state index contributed by atoms with van der Waals surface area (Å²) in [5.74, 6) is -6.65. The average molecular weight is 1330 g/mol. The number of carbonyl (C=O) groups excluding carboxylic acids is 5. The number of aliphatic hydroxyl groups is 4. The number of nitrogens with zero attached hydrogens (tertiary/aromatic N) is 3. The van der Waals surface area contributed by atoms with Gasteiger partial charge in [-0.25, -0.2) is 32.4 Å². The Bertz CT molecular complexity index is 3280. The Morgan fingerprint density at radius 3 is 1.88 bits per heavy atom. The van der Waals surface area contributed by atoms with Gasteiger partial charge < -0.3 is 82.8 Å². The number of nitrogens with one attached hydrogen (secondary N) is 1. The number of anilines is 1. The van der Waals surface area contributed by atoms with Gasteiger partial charge in [0.1, 0.15) is 36.3 Å². The second kappa shape index (κ2) is 36.7. The van der Waals surface area contributed by atoms with Crippen LogP contribution in [0.15, 0.2) is 121 Å². The van der Waals surface area contributed by atoms with Crippen molar-refractivity contribution in [3.05, 3.63) is 144 Å². The zero-order chi connectivity index (χ0) is 66.5. The quantitative estimate of drug-likeness (QED) is 0.0107. The molecule has 2 aliphatic heterocycles. The van der Waals surface area contributed by atoms with E-state index in [-0.39, 0.29) is 85.4 Å². The first-order valence-electron chi connectivity index (χ1n) is 29.9. The molecule has 0 aliphatic carbocycles. The second-order valence-electron chi connectivity index (χ2n) is 22.2. The van der Waals surface area contributed by atoms with E-state index >= 15 is 0 Å². The van der Waals surface area contributed by atoms with Crippen LogP contribution in [-0.2, 0) is 91.3 Å². The first-order chi connectivity index (χ1) is 44.0. The van der Waals surface area contributed by atoms with Gasteiger partial charge in [-0.3, -0.25) is 9.48 Å². The predicted octanol–water partition coefficient (Wildman–Crippen LogP) is 0.459. The molecule has 93 heavy (non-hydrogen) atoms. The van der Waals surface area contributed by atoms with Crippen molar-refractivity contribution in [2.45, 2.75) is 178 Å². The molecule has 0 bridgehead atoms. The van der Waals surface area contributed by atoms with Crippen LogP contribution in [0.3, 0.4) is 0 Å². The monoisotopic (exact) mass is 1330 g/mol. The minimum absolute atomic E-state index is 0. The molecule has 3 heterocycles. The van der Waals surface area contributed by atoms with E-state index in [1.54, 1.807) is 89.7 Å². The number of hydrogen-bond donors (Lipinski definition) is 6. The summed E-state index contributed by atoms with van der Waals surface area (Å²) in [5, 5.41) is 65.9. The molecule has 0 saturated carbocycles. The maximum absolute atomic E-state index is 14.9. The van der Waals surface area contributed by atoms with Crippen LogP contribution in [0.5, 0.6) is 5.75 Å². The zero-order valence-corrected chi connectivity index (χ0v) is 54.8. The normalized spacial score (nSPS) is 22.6. The van der Waals surface area contributed by atoms with Gasteiger partial charge in [0.05, 0.1) is 58.5 Å². The van der Waals surface area contributed by atoms with E-state index in [4.69, 9.17) is 47.4 Å². The second-order valence-corrected chi connectivity index (χ2v) is 23.7. The first kappa shape index (κ1) is 75.2. The third kappa shape index (κ3) is 23.3. The Hall–Kier alpha value is -6.81. The van der Waals surface area contributed by atoms with E-state index in [1.807, 2.05) is 0 Å². The van der Waals surface area contributed by atoms with Crippen LogP contribution < -0.4 is 39.6 Å². The van der Waals surface area contributed by atoms with Crippen LogP contribution in [0.25, 0.3) is 0 Å². The number of benzene rings is 4. The minimum atomic E-state index is -4.33. The number of esters is 4. The van der Waals surface area contributed by atoms with Gasteiger partial charge >= 0.3 is 59.4 Å². The number of carbonyl (C=O) groups is 6. The number of aliphatic carboxylic acids is 1. The Balaban J connectivity index is 0.0000137. The molecule has 4 aromatic carbocycles. The summed E-state index contributed by atoms with van der Waals surface area (Å²) in [6.45, 7) is 5.07. The van der Waals surface area contributed by atoms with Gasteiger partial charge in [-0.15, -0.1) is 5.10 Å². The number of rotatable bonds is 34. The third-order valence-electron chi connectivity index (χ3n) is 14.5. The molecule has 2 saturated heterocycles. The summed E-state index contributed by atoms with van der Waals surface area (Å²) in [5.41, 5.74) is 1.58.